The van der Waals surface area contributed by atoms with Gasteiger partial charge in [-0.3, -0.25) is 0 Å². The molecule has 0 aliphatic carbocycles. The van der Waals surface area contributed by atoms with Crippen LogP contribution in [0.4, 0.5) is 15.9 Å². The van der Waals surface area contributed by atoms with E-state index in [2.05, 4.69) is 15.3 Å². The van der Waals surface area contributed by atoms with E-state index >= 15 is 0 Å². The summed E-state index contributed by atoms with van der Waals surface area (Å²) < 4.78 is 18.3. The lowest BCUT2D eigenvalue weighted by molar-refractivity contribution is 0.413. The second kappa shape index (κ2) is 6.05. The van der Waals surface area contributed by atoms with Crippen molar-refractivity contribution in [3.8, 4) is 5.75 Å². The Balaban J connectivity index is 2.34. The molecule has 0 saturated carbocycles. The van der Waals surface area contributed by atoms with Crippen LogP contribution in [0.25, 0.3) is 0 Å². The van der Waals surface area contributed by atoms with E-state index in [1.807, 2.05) is 13.8 Å². The van der Waals surface area contributed by atoms with Crippen molar-refractivity contribution < 1.29 is 9.13 Å². The standard InChI is InChI=1S/C14H15ClFN3O/c1-8(2)14-18-12(15)7-13(19-14)17-10-5-4-9(16)6-11(10)20-3/h4-8H,1-3H3,(H,17,18,19). The molecule has 0 aliphatic heterocycles. The van der Waals surface area contributed by atoms with Crippen LogP contribution in [-0.4, -0.2) is 17.1 Å². The van der Waals surface area contributed by atoms with Crippen molar-refractivity contribution in [2.45, 2.75) is 19.8 Å². The number of aromatic nitrogens is 2. The summed E-state index contributed by atoms with van der Waals surface area (Å²) in [5.41, 5.74) is 0.610. The van der Waals surface area contributed by atoms with E-state index in [1.54, 1.807) is 12.1 Å². The summed E-state index contributed by atoms with van der Waals surface area (Å²) in [5, 5.41) is 3.41. The molecule has 0 amide bonds. The van der Waals surface area contributed by atoms with E-state index < -0.39 is 0 Å². The molecular formula is C14H15ClFN3O. The van der Waals surface area contributed by atoms with Crippen molar-refractivity contribution in [3.05, 3.63) is 41.1 Å². The van der Waals surface area contributed by atoms with E-state index in [1.165, 1.54) is 19.2 Å². The fourth-order valence-electron chi connectivity index (χ4n) is 1.66. The van der Waals surface area contributed by atoms with Gasteiger partial charge in [-0.05, 0) is 12.1 Å². The molecule has 2 rings (SSSR count). The van der Waals surface area contributed by atoms with Gasteiger partial charge in [0.1, 0.15) is 28.4 Å². The maximum atomic E-state index is 13.2. The van der Waals surface area contributed by atoms with Crippen LogP contribution in [0.15, 0.2) is 24.3 Å². The summed E-state index contributed by atoms with van der Waals surface area (Å²) in [4.78, 5) is 8.52. The molecule has 0 unspecified atom stereocenters. The predicted octanol–water partition coefficient (Wildman–Crippen LogP) is 4.14. The topological polar surface area (TPSA) is 47.0 Å². The smallest absolute Gasteiger partial charge is 0.145 e. The second-order valence-corrected chi connectivity index (χ2v) is 4.95. The normalized spacial score (nSPS) is 10.7. The molecule has 0 fully saturated rings. The van der Waals surface area contributed by atoms with Crippen molar-refractivity contribution in [2.75, 3.05) is 12.4 Å². The van der Waals surface area contributed by atoms with Crippen LogP contribution in [0.5, 0.6) is 5.75 Å². The molecule has 0 atom stereocenters. The molecule has 0 bridgehead atoms. The Morgan fingerprint density at radius 3 is 2.65 bits per heavy atom. The summed E-state index contributed by atoms with van der Waals surface area (Å²) in [6.07, 6.45) is 0. The largest absolute Gasteiger partial charge is 0.494 e. The lowest BCUT2D eigenvalue weighted by atomic mass is 10.2. The molecule has 1 N–H and O–H groups in total. The van der Waals surface area contributed by atoms with Crippen LogP contribution in [0.3, 0.4) is 0 Å². The zero-order chi connectivity index (χ0) is 14.7. The van der Waals surface area contributed by atoms with Crippen molar-refractivity contribution in [2.24, 2.45) is 0 Å². The minimum absolute atomic E-state index is 0.157. The van der Waals surface area contributed by atoms with Crippen LogP contribution < -0.4 is 10.1 Å². The Labute approximate surface area is 122 Å². The van der Waals surface area contributed by atoms with Crippen LogP contribution in [0.1, 0.15) is 25.6 Å². The summed E-state index contributed by atoms with van der Waals surface area (Å²) in [5.74, 6) is 1.37. The van der Waals surface area contributed by atoms with Crippen molar-refractivity contribution in [1.29, 1.82) is 0 Å². The van der Waals surface area contributed by atoms with Gasteiger partial charge in [0, 0.05) is 18.1 Å². The van der Waals surface area contributed by atoms with E-state index in [0.29, 0.717) is 28.2 Å². The first kappa shape index (κ1) is 14.5. The molecular weight excluding hydrogens is 281 g/mol. The van der Waals surface area contributed by atoms with Gasteiger partial charge in [0.2, 0.25) is 0 Å². The quantitative estimate of drug-likeness (QED) is 0.861. The molecule has 20 heavy (non-hydrogen) atoms. The number of halogens is 2. The number of benzene rings is 1. The molecule has 1 heterocycles. The maximum Gasteiger partial charge on any atom is 0.145 e. The average Bonchev–Trinajstić information content (AvgIpc) is 2.40. The van der Waals surface area contributed by atoms with Gasteiger partial charge in [-0.1, -0.05) is 25.4 Å². The van der Waals surface area contributed by atoms with Crippen LogP contribution in [0.2, 0.25) is 5.15 Å². The molecule has 1 aromatic carbocycles. The van der Waals surface area contributed by atoms with Gasteiger partial charge in [-0.15, -0.1) is 0 Å². The fraction of sp³-hybridized carbons (Fsp3) is 0.286. The van der Waals surface area contributed by atoms with Crippen LogP contribution in [-0.2, 0) is 0 Å². The minimum atomic E-state index is -0.365. The fourth-order valence-corrected chi connectivity index (χ4v) is 1.85. The third kappa shape index (κ3) is 3.36. The number of hydrogen-bond acceptors (Lipinski definition) is 4. The highest BCUT2D eigenvalue weighted by atomic mass is 35.5. The van der Waals surface area contributed by atoms with E-state index in [4.69, 9.17) is 16.3 Å². The molecule has 0 saturated heterocycles. The van der Waals surface area contributed by atoms with E-state index in [9.17, 15) is 4.39 Å². The lowest BCUT2D eigenvalue weighted by Crippen LogP contribution is -2.03. The molecule has 0 radical (unpaired) electrons. The first-order chi connectivity index (χ1) is 9.49. The van der Waals surface area contributed by atoms with Crippen molar-refractivity contribution >= 4 is 23.1 Å². The summed E-state index contributed by atoms with van der Waals surface area (Å²) in [7, 11) is 1.48. The Morgan fingerprint density at radius 2 is 2.00 bits per heavy atom. The number of nitrogens with one attached hydrogen (secondary N) is 1. The number of ether oxygens (including phenoxy) is 1. The minimum Gasteiger partial charge on any atom is -0.494 e. The lowest BCUT2D eigenvalue weighted by Gasteiger charge is -2.12. The highest BCUT2D eigenvalue weighted by Crippen LogP contribution is 2.28. The third-order valence-corrected chi connectivity index (χ3v) is 2.85. The number of hydrogen-bond donors (Lipinski definition) is 1. The monoisotopic (exact) mass is 295 g/mol. The van der Waals surface area contributed by atoms with Gasteiger partial charge >= 0.3 is 0 Å². The van der Waals surface area contributed by atoms with Gasteiger partial charge in [0.05, 0.1) is 12.8 Å². The van der Waals surface area contributed by atoms with E-state index in [0.717, 1.165) is 0 Å². The Hall–Kier alpha value is -1.88. The molecule has 0 aliphatic rings. The van der Waals surface area contributed by atoms with Crippen molar-refractivity contribution in [1.82, 2.24) is 9.97 Å². The first-order valence-electron chi connectivity index (χ1n) is 6.14. The highest BCUT2D eigenvalue weighted by molar-refractivity contribution is 6.29. The van der Waals surface area contributed by atoms with E-state index in [-0.39, 0.29) is 11.7 Å². The van der Waals surface area contributed by atoms with Crippen LogP contribution >= 0.6 is 11.6 Å². The second-order valence-electron chi connectivity index (χ2n) is 4.56. The summed E-state index contributed by atoms with van der Waals surface area (Å²) >= 11 is 5.98. The molecule has 2 aromatic rings. The van der Waals surface area contributed by atoms with Gasteiger partial charge in [-0.25, -0.2) is 14.4 Å². The number of methoxy groups -OCH3 is 1. The first-order valence-corrected chi connectivity index (χ1v) is 6.52. The average molecular weight is 296 g/mol. The Kier molecular flexibility index (Phi) is 4.39. The third-order valence-electron chi connectivity index (χ3n) is 2.65. The van der Waals surface area contributed by atoms with Gasteiger partial charge < -0.3 is 10.1 Å². The predicted molar refractivity (Wildman–Crippen MR) is 77.4 cm³/mol. The highest BCUT2D eigenvalue weighted by Gasteiger charge is 2.10. The van der Waals surface area contributed by atoms with Gasteiger partial charge in [0.25, 0.3) is 0 Å². The number of rotatable bonds is 4. The Bertz CT molecular complexity index is 619. The molecule has 106 valence electrons. The van der Waals surface area contributed by atoms with Gasteiger partial charge in [0.15, 0.2) is 0 Å². The van der Waals surface area contributed by atoms with Crippen LogP contribution in [0, 0.1) is 5.82 Å². The zero-order valence-corrected chi connectivity index (χ0v) is 12.2. The molecule has 0 spiro atoms. The summed E-state index contributed by atoms with van der Waals surface area (Å²) in [6, 6.07) is 5.83. The number of nitrogens with zero attached hydrogens (tertiary/aromatic N) is 2. The van der Waals surface area contributed by atoms with Gasteiger partial charge in [-0.2, -0.15) is 0 Å². The number of anilines is 2. The zero-order valence-electron chi connectivity index (χ0n) is 11.4. The molecule has 4 nitrogen and oxygen atoms in total. The SMILES string of the molecule is COc1cc(F)ccc1Nc1cc(Cl)nc(C(C)C)n1. The molecule has 6 heteroatoms. The summed E-state index contributed by atoms with van der Waals surface area (Å²) in [6.45, 7) is 3.96. The Morgan fingerprint density at radius 1 is 1.25 bits per heavy atom. The molecule has 1 aromatic heterocycles. The van der Waals surface area contributed by atoms with Crippen molar-refractivity contribution in [3.63, 3.8) is 0 Å². The maximum absolute atomic E-state index is 13.2.